The van der Waals surface area contributed by atoms with Gasteiger partial charge in [-0.1, -0.05) is 144 Å². The van der Waals surface area contributed by atoms with Gasteiger partial charge in [0.1, 0.15) is 11.6 Å². The highest BCUT2D eigenvalue weighted by Gasteiger charge is 2.54. The zero-order valence-corrected chi connectivity index (χ0v) is 41.2. The van der Waals surface area contributed by atoms with E-state index in [0.29, 0.717) is 43.1 Å². The van der Waals surface area contributed by atoms with Crippen LogP contribution in [-0.2, 0) is 45.1 Å². The summed E-state index contributed by atoms with van der Waals surface area (Å²) in [4.78, 5) is 48.6. The number of unbranched alkanes of at least 4 members (excludes halogenated alkanes) is 9. The number of benzene rings is 4. The van der Waals surface area contributed by atoms with Crippen LogP contribution in [0.5, 0.6) is 0 Å². The molecule has 2 atom stereocenters. The van der Waals surface area contributed by atoms with Crippen LogP contribution in [0.25, 0.3) is 22.3 Å². The lowest BCUT2D eigenvalue weighted by molar-refractivity contribution is -0.166. The second kappa shape index (κ2) is 25.6. The van der Waals surface area contributed by atoms with Gasteiger partial charge in [-0.25, -0.2) is 8.78 Å². The number of aryl methyl sites for hydroxylation is 2. The summed E-state index contributed by atoms with van der Waals surface area (Å²) in [5.41, 5.74) is 3.50. The average molecular weight is 965 g/mol. The van der Waals surface area contributed by atoms with Crippen molar-refractivity contribution in [2.75, 3.05) is 0 Å². The van der Waals surface area contributed by atoms with Crippen molar-refractivity contribution in [1.29, 1.82) is 0 Å². The van der Waals surface area contributed by atoms with Crippen LogP contribution in [0.15, 0.2) is 84.9 Å². The monoisotopic (exact) mass is 965 g/mol. The molecule has 378 valence electrons. The summed E-state index contributed by atoms with van der Waals surface area (Å²) in [5.74, 6) is -5.68. The topological polar surface area (TPSA) is 164 Å². The normalized spacial score (nSPS) is 18.1. The van der Waals surface area contributed by atoms with Crippen LogP contribution in [0.2, 0.25) is 0 Å². The van der Waals surface area contributed by atoms with Crippen LogP contribution < -0.4 is 5.32 Å². The van der Waals surface area contributed by atoms with E-state index in [1.165, 1.54) is 87.8 Å². The van der Waals surface area contributed by atoms with Crippen molar-refractivity contribution in [3.05, 3.63) is 119 Å². The van der Waals surface area contributed by atoms with Gasteiger partial charge in [0, 0.05) is 42.3 Å². The van der Waals surface area contributed by atoms with Crippen LogP contribution >= 0.6 is 0 Å². The fourth-order valence-electron chi connectivity index (χ4n) is 10.5. The predicted molar refractivity (Wildman–Crippen MR) is 269 cm³/mol. The Balaban J connectivity index is 0.000000230. The van der Waals surface area contributed by atoms with Crippen molar-refractivity contribution in [3.8, 4) is 22.3 Å². The molecule has 0 saturated heterocycles. The van der Waals surface area contributed by atoms with Gasteiger partial charge in [0.2, 0.25) is 0 Å². The first-order valence-corrected chi connectivity index (χ1v) is 25.9. The number of aliphatic carboxylic acids is 4. The molecule has 3 saturated carbocycles. The summed E-state index contributed by atoms with van der Waals surface area (Å²) in [6, 6.07) is 26.7. The Hall–Kier alpha value is -5.46. The number of hydrogen-bond acceptors (Lipinski definition) is 6. The van der Waals surface area contributed by atoms with E-state index in [9.17, 15) is 44.0 Å². The molecule has 0 spiro atoms. The van der Waals surface area contributed by atoms with Crippen molar-refractivity contribution in [2.45, 2.75) is 180 Å². The Kier molecular flexibility index (Phi) is 19.7. The summed E-state index contributed by atoms with van der Waals surface area (Å²) < 4.78 is 30.0. The lowest BCUT2D eigenvalue weighted by Gasteiger charge is -2.30. The molecule has 3 fully saturated rings. The Morgan fingerprint density at radius 3 is 1.40 bits per heavy atom. The maximum Gasteiger partial charge on any atom is 0.321 e. The number of hydrogen-bond donors (Lipinski definition) is 5. The largest absolute Gasteiger partial charge is 0.480 e. The number of carboxylic acids is 4. The number of nitrogens with one attached hydrogen (secondary N) is 1. The Labute approximate surface area is 412 Å². The van der Waals surface area contributed by atoms with Gasteiger partial charge >= 0.3 is 23.9 Å². The molecular formula is C58H74F2N2O8. The molecule has 5 N–H and O–H groups in total. The lowest BCUT2D eigenvalue weighted by atomic mass is 9.86. The Bertz CT molecular complexity index is 2340. The van der Waals surface area contributed by atoms with Crippen molar-refractivity contribution in [2.24, 2.45) is 10.8 Å². The molecule has 2 unspecified atom stereocenters. The van der Waals surface area contributed by atoms with Crippen LogP contribution in [0.1, 0.15) is 158 Å². The molecule has 4 aromatic rings. The van der Waals surface area contributed by atoms with Crippen LogP contribution in [0.4, 0.5) is 8.78 Å². The highest BCUT2D eigenvalue weighted by molar-refractivity contribution is 5.99. The molecule has 0 radical (unpaired) electrons. The SMILES string of the molecule is CCCCCCCCc1ccc(-c2ccc(CNC3CCC(C(=O)O)(C(=O)O)C3)cc2F)cc1.CCCCCCCc1ccc(-c2ccc(CN(C3CC3)C3CCC(C(=O)O)(C(=O)O)C3)cc2F)cc1. The minimum atomic E-state index is -1.73. The number of carboxylic acid groups (broad SMARTS) is 4. The van der Waals surface area contributed by atoms with E-state index >= 15 is 4.39 Å². The van der Waals surface area contributed by atoms with Crippen LogP contribution in [-0.4, -0.2) is 67.3 Å². The van der Waals surface area contributed by atoms with E-state index in [1.54, 1.807) is 12.1 Å². The van der Waals surface area contributed by atoms with Gasteiger partial charge in [-0.05, 0) is 123 Å². The number of carbonyl (C=O) groups is 4. The molecule has 4 aromatic carbocycles. The first-order chi connectivity index (χ1) is 33.7. The molecule has 7 rings (SSSR count). The minimum absolute atomic E-state index is 0.0311. The van der Waals surface area contributed by atoms with Gasteiger partial charge < -0.3 is 25.7 Å². The highest BCUT2D eigenvalue weighted by atomic mass is 19.1. The number of rotatable bonds is 26. The van der Waals surface area contributed by atoms with E-state index in [4.69, 9.17) is 0 Å². The summed E-state index contributed by atoms with van der Waals surface area (Å²) >= 11 is 0. The smallest absolute Gasteiger partial charge is 0.321 e. The third kappa shape index (κ3) is 14.1. The van der Waals surface area contributed by atoms with Gasteiger partial charge in [-0.15, -0.1) is 0 Å². The van der Waals surface area contributed by atoms with Crippen LogP contribution in [0, 0.1) is 22.5 Å². The zero-order chi connectivity index (χ0) is 50.3. The Morgan fingerprint density at radius 1 is 0.529 bits per heavy atom. The highest BCUT2D eigenvalue weighted by Crippen LogP contribution is 2.45. The molecule has 12 heteroatoms. The first-order valence-electron chi connectivity index (χ1n) is 25.9. The third-order valence-corrected chi connectivity index (χ3v) is 15.1. The third-order valence-electron chi connectivity index (χ3n) is 15.1. The standard InChI is InChI=1S/C30H38FNO4.C28H36FNO4/c1-2-3-4-5-6-7-21-8-11-23(12-9-21)26-15-10-22(18-27(26)31)20-32(24-13-14-24)25-16-17-30(19-25,28(33)34)29(35)36;1-2-3-4-5-6-7-8-20-9-12-22(13-10-20)24-14-11-21(17-25(24)29)19-30-23-15-16-28(18-23,26(31)32)27(33)34/h8-12,15,18,24-25H,2-7,13-14,16-17,19-20H2,1H3,(H,33,34)(H,35,36);9-14,17,23,30H,2-8,15-16,18-19H2,1H3,(H,31,32)(H,33,34). The van der Waals surface area contributed by atoms with E-state index < -0.39 is 34.7 Å². The number of nitrogens with zero attached hydrogens (tertiary/aromatic N) is 1. The predicted octanol–water partition coefficient (Wildman–Crippen LogP) is 12.9. The van der Waals surface area contributed by atoms with E-state index in [-0.39, 0.29) is 49.4 Å². The number of halogens is 2. The van der Waals surface area contributed by atoms with Crippen molar-refractivity contribution in [1.82, 2.24) is 10.2 Å². The molecule has 0 aliphatic heterocycles. The molecule has 70 heavy (non-hydrogen) atoms. The van der Waals surface area contributed by atoms with E-state index in [1.807, 2.05) is 42.5 Å². The van der Waals surface area contributed by atoms with Gasteiger partial charge in [-0.2, -0.15) is 0 Å². The van der Waals surface area contributed by atoms with Gasteiger partial charge in [-0.3, -0.25) is 24.1 Å². The van der Waals surface area contributed by atoms with E-state index in [2.05, 4.69) is 48.3 Å². The van der Waals surface area contributed by atoms with Gasteiger partial charge in [0.15, 0.2) is 10.8 Å². The summed E-state index contributed by atoms with van der Waals surface area (Å²) in [5, 5.41) is 41.1. The molecule has 3 aliphatic rings. The van der Waals surface area contributed by atoms with Crippen LogP contribution in [0.3, 0.4) is 0 Å². The zero-order valence-electron chi connectivity index (χ0n) is 41.2. The lowest BCUT2D eigenvalue weighted by Crippen LogP contribution is -2.41. The summed E-state index contributed by atoms with van der Waals surface area (Å²) in [6.07, 6.45) is 19.3. The quantitative estimate of drug-likeness (QED) is 0.0302. The average Bonchev–Trinajstić information content (AvgIpc) is 3.91. The second-order valence-corrected chi connectivity index (χ2v) is 20.2. The van der Waals surface area contributed by atoms with E-state index in [0.717, 1.165) is 47.9 Å². The maximum absolute atomic E-state index is 15.2. The molecule has 3 aliphatic carbocycles. The molecule has 10 nitrogen and oxygen atoms in total. The fraction of sp³-hybridized carbons (Fsp3) is 0.517. The van der Waals surface area contributed by atoms with Gasteiger partial charge in [0.25, 0.3) is 0 Å². The molecule has 0 amide bonds. The van der Waals surface area contributed by atoms with Crippen molar-refractivity contribution < 1.29 is 48.4 Å². The Morgan fingerprint density at radius 2 is 0.957 bits per heavy atom. The maximum atomic E-state index is 15.2. The fourth-order valence-corrected chi connectivity index (χ4v) is 10.5. The van der Waals surface area contributed by atoms with Crippen molar-refractivity contribution >= 4 is 23.9 Å². The van der Waals surface area contributed by atoms with Gasteiger partial charge in [0.05, 0.1) is 0 Å². The molecule has 0 heterocycles. The molecule has 0 aromatic heterocycles. The minimum Gasteiger partial charge on any atom is -0.480 e. The second-order valence-electron chi connectivity index (χ2n) is 20.2. The molecule has 0 bridgehead atoms. The molecular weight excluding hydrogens is 891 g/mol. The summed E-state index contributed by atoms with van der Waals surface area (Å²) in [7, 11) is 0. The van der Waals surface area contributed by atoms with Crippen molar-refractivity contribution in [3.63, 3.8) is 0 Å². The first kappa shape index (κ1) is 53.9. The summed E-state index contributed by atoms with van der Waals surface area (Å²) in [6.45, 7) is 5.30.